The Morgan fingerprint density at radius 1 is 1.09 bits per heavy atom. The fourth-order valence-corrected chi connectivity index (χ4v) is 5.06. The number of rotatable bonds is 5. The van der Waals surface area contributed by atoms with Crippen LogP contribution in [0.4, 0.5) is 13.9 Å². The molecule has 1 fully saturated rings. The van der Waals surface area contributed by atoms with Crippen LogP contribution in [0.3, 0.4) is 0 Å². The zero-order valence-corrected chi connectivity index (χ0v) is 19.2. The fraction of sp³-hybridized carbons (Fsp3) is 0.115. The lowest BCUT2D eigenvalue weighted by molar-refractivity contribution is -0.132. The van der Waals surface area contributed by atoms with Gasteiger partial charge in [-0.2, -0.15) is 0 Å². The summed E-state index contributed by atoms with van der Waals surface area (Å²) in [6.07, 6.45) is 0. The van der Waals surface area contributed by atoms with Crippen LogP contribution in [-0.2, 0) is 9.59 Å². The first-order valence-corrected chi connectivity index (χ1v) is 11.6. The normalized spacial score (nSPS) is 17.3. The Hall–Kier alpha value is -4.11. The number of nitrogens with zero attached hydrogens (tertiary/aromatic N) is 2. The Morgan fingerprint density at radius 2 is 1.83 bits per heavy atom. The zero-order chi connectivity index (χ0) is 24.7. The van der Waals surface area contributed by atoms with Gasteiger partial charge in [-0.3, -0.25) is 14.5 Å². The molecule has 35 heavy (non-hydrogen) atoms. The molecule has 0 aliphatic carbocycles. The summed E-state index contributed by atoms with van der Waals surface area (Å²) in [6.45, 7) is 2.33. The maximum absolute atomic E-state index is 15.0. The number of carbonyl (C=O) groups is 2. The van der Waals surface area contributed by atoms with Crippen molar-refractivity contribution < 1.29 is 28.2 Å². The standard InChI is InChI=1S/C26H18F2N2O4S/c1-2-34-16-11-12-19-20(13-16)35-26(29-19)30-22(17-5-3-4-6-18(17)28)21(24(32)25(30)33)23(31)14-7-9-15(27)10-8-14/h3-13,22,31H,2H2,1H3/b23-21+/t22-/m0/s1. The number of ether oxygens (including phenoxy) is 1. The highest BCUT2D eigenvalue weighted by molar-refractivity contribution is 7.22. The number of aliphatic hydroxyl groups is 1. The van der Waals surface area contributed by atoms with E-state index in [2.05, 4.69) is 4.98 Å². The van der Waals surface area contributed by atoms with Crippen LogP contribution in [0.15, 0.2) is 72.3 Å². The molecule has 4 aromatic rings. The number of anilines is 1. The average Bonchev–Trinajstić information content (AvgIpc) is 3.37. The number of aromatic nitrogens is 1. The Labute approximate surface area is 202 Å². The van der Waals surface area contributed by atoms with Gasteiger partial charge in [0.1, 0.15) is 29.2 Å². The molecule has 176 valence electrons. The molecule has 0 radical (unpaired) electrons. The lowest BCUT2D eigenvalue weighted by Crippen LogP contribution is -2.29. The Balaban J connectivity index is 1.71. The van der Waals surface area contributed by atoms with Crippen molar-refractivity contribution in [2.75, 3.05) is 11.5 Å². The van der Waals surface area contributed by atoms with Gasteiger partial charge in [0.2, 0.25) is 0 Å². The number of hydrogen-bond acceptors (Lipinski definition) is 6. The second-order valence-electron chi connectivity index (χ2n) is 7.76. The number of ketones is 1. The Bertz CT molecular complexity index is 1500. The predicted octanol–water partition coefficient (Wildman–Crippen LogP) is 5.60. The van der Waals surface area contributed by atoms with Crippen molar-refractivity contribution in [3.63, 3.8) is 0 Å². The summed E-state index contributed by atoms with van der Waals surface area (Å²) in [7, 11) is 0. The van der Waals surface area contributed by atoms with Gasteiger partial charge in [-0.1, -0.05) is 29.5 Å². The first-order chi connectivity index (χ1) is 16.9. The van der Waals surface area contributed by atoms with Crippen LogP contribution in [0.5, 0.6) is 5.75 Å². The van der Waals surface area contributed by atoms with Crippen molar-refractivity contribution in [1.82, 2.24) is 4.98 Å². The second-order valence-corrected chi connectivity index (χ2v) is 8.77. The van der Waals surface area contributed by atoms with Gasteiger partial charge in [0.15, 0.2) is 5.13 Å². The minimum absolute atomic E-state index is 0.0182. The number of hydrogen-bond donors (Lipinski definition) is 1. The molecule has 1 aromatic heterocycles. The van der Waals surface area contributed by atoms with Gasteiger partial charge in [-0.25, -0.2) is 13.8 Å². The molecule has 1 aliphatic rings. The van der Waals surface area contributed by atoms with E-state index in [1.54, 1.807) is 24.3 Å². The number of thiazole rings is 1. The first kappa shape index (κ1) is 22.7. The first-order valence-electron chi connectivity index (χ1n) is 10.7. The number of carbonyl (C=O) groups excluding carboxylic acids is 2. The molecule has 6 nitrogen and oxygen atoms in total. The molecule has 2 heterocycles. The van der Waals surface area contributed by atoms with Crippen molar-refractivity contribution in [3.8, 4) is 5.75 Å². The van der Waals surface area contributed by atoms with E-state index in [0.717, 1.165) is 28.4 Å². The second kappa shape index (κ2) is 8.92. The van der Waals surface area contributed by atoms with E-state index in [9.17, 15) is 23.5 Å². The third-order valence-corrected chi connectivity index (χ3v) is 6.65. The van der Waals surface area contributed by atoms with Crippen LogP contribution in [0.25, 0.3) is 16.0 Å². The van der Waals surface area contributed by atoms with Crippen molar-refractivity contribution in [1.29, 1.82) is 0 Å². The van der Waals surface area contributed by atoms with Crippen LogP contribution in [0.2, 0.25) is 0 Å². The van der Waals surface area contributed by atoms with Gasteiger partial charge in [0.25, 0.3) is 5.78 Å². The number of fused-ring (bicyclic) bond motifs is 1. The molecule has 1 amide bonds. The molecule has 0 bridgehead atoms. The summed E-state index contributed by atoms with van der Waals surface area (Å²) in [4.78, 5) is 32.0. The van der Waals surface area contributed by atoms with E-state index >= 15 is 0 Å². The van der Waals surface area contributed by atoms with E-state index in [0.29, 0.717) is 22.6 Å². The fourth-order valence-electron chi connectivity index (χ4n) is 4.04. The predicted molar refractivity (Wildman–Crippen MR) is 128 cm³/mol. The van der Waals surface area contributed by atoms with E-state index in [1.807, 2.05) is 6.92 Å². The Kier molecular flexibility index (Phi) is 5.78. The number of halogens is 2. The summed E-state index contributed by atoms with van der Waals surface area (Å²) in [5, 5.41) is 11.2. The van der Waals surface area contributed by atoms with E-state index in [4.69, 9.17) is 4.74 Å². The highest BCUT2D eigenvalue weighted by atomic mass is 32.1. The molecular formula is C26H18F2N2O4S. The third kappa shape index (κ3) is 3.93. The van der Waals surface area contributed by atoms with Gasteiger partial charge in [0.05, 0.1) is 22.4 Å². The van der Waals surface area contributed by atoms with Crippen molar-refractivity contribution >= 4 is 44.1 Å². The topological polar surface area (TPSA) is 79.7 Å². The van der Waals surface area contributed by atoms with E-state index in [1.165, 1.54) is 30.3 Å². The maximum atomic E-state index is 15.0. The van der Waals surface area contributed by atoms with Crippen molar-refractivity contribution in [3.05, 3.63) is 95.1 Å². The zero-order valence-electron chi connectivity index (χ0n) is 18.4. The summed E-state index contributed by atoms with van der Waals surface area (Å²) in [5.41, 5.74) is 0.406. The van der Waals surface area contributed by atoms with Crippen LogP contribution < -0.4 is 9.64 Å². The highest BCUT2D eigenvalue weighted by Crippen LogP contribution is 2.45. The molecule has 5 rings (SSSR count). The van der Waals surface area contributed by atoms with Gasteiger partial charge < -0.3 is 9.84 Å². The number of amides is 1. The van der Waals surface area contributed by atoms with Crippen LogP contribution in [-0.4, -0.2) is 28.4 Å². The third-order valence-electron chi connectivity index (χ3n) is 5.63. The quantitative estimate of drug-likeness (QED) is 0.223. The van der Waals surface area contributed by atoms with Crippen LogP contribution in [0, 0.1) is 11.6 Å². The molecule has 0 unspecified atom stereocenters. The number of benzene rings is 3. The van der Waals surface area contributed by atoms with Gasteiger partial charge in [-0.05, 0) is 55.5 Å². The molecule has 1 saturated heterocycles. The molecule has 3 aromatic carbocycles. The van der Waals surface area contributed by atoms with Crippen LogP contribution >= 0.6 is 11.3 Å². The molecular weight excluding hydrogens is 474 g/mol. The SMILES string of the molecule is CCOc1ccc2nc(N3C(=O)C(=O)/C(=C(/O)c4ccc(F)cc4)[C@@H]3c3ccccc3F)sc2c1. The van der Waals surface area contributed by atoms with Crippen molar-refractivity contribution in [2.24, 2.45) is 0 Å². The largest absolute Gasteiger partial charge is 0.507 e. The van der Waals surface area contributed by atoms with Crippen molar-refractivity contribution in [2.45, 2.75) is 13.0 Å². The number of Topliss-reactive ketones (excluding diaryl/α,β-unsaturated/α-hetero) is 1. The van der Waals surface area contributed by atoms with Crippen LogP contribution in [0.1, 0.15) is 24.1 Å². The monoisotopic (exact) mass is 492 g/mol. The minimum atomic E-state index is -1.27. The molecule has 1 N–H and O–H groups in total. The minimum Gasteiger partial charge on any atom is -0.507 e. The Morgan fingerprint density at radius 3 is 2.54 bits per heavy atom. The molecule has 0 saturated carbocycles. The summed E-state index contributed by atoms with van der Waals surface area (Å²) >= 11 is 1.14. The number of aliphatic hydroxyl groups excluding tert-OH is 1. The lowest BCUT2D eigenvalue weighted by atomic mass is 9.95. The molecule has 0 spiro atoms. The van der Waals surface area contributed by atoms with E-state index in [-0.39, 0.29) is 21.8 Å². The summed E-state index contributed by atoms with van der Waals surface area (Å²) in [6, 6.07) is 14.5. The highest BCUT2D eigenvalue weighted by Gasteiger charge is 2.49. The summed E-state index contributed by atoms with van der Waals surface area (Å²) in [5.74, 6) is -3.04. The van der Waals surface area contributed by atoms with Gasteiger partial charge in [0, 0.05) is 11.1 Å². The van der Waals surface area contributed by atoms with Gasteiger partial charge in [-0.15, -0.1) is 0 Å². The molecule has 1 aliphatic heterocycles. The van der Waals surface area contributed by atoms with Gasteiger partial charge >= 0.3 is 5.91 Å². The average molecular weight is 493 g/mol. The van der Waals surface area contributed by atoms with E-state index < -0.39 is 35.1 Å². The summed E-state index contributed by atoms with van der Waals surface area (Å²) < 4.78 is 34.6. The molecule has 9 heteroatoms. The maximum Gasteiger partial charge on any atom is 0.301 e. The molecule has 1 atom stereocenters. The smallest absolute Gasteiger partial charge is 0.301 e. The lowest BCUT2D eigenvalue weighted by Gasteiger charge is -2.23.